The van der Waals surface area contributed by atoms with Gasteiger partial charge in [0.05, 0.1) is 0 Å². The highest BCUT2D eigenvalue weighted by Crippen LogP contribution is 2.17. The molecule has 2 aromatic carbocycles. The maximum atomic E-state index is 12.1. The highest BCUT2D eigenvalue weighted by Gasteiger charge is 2.18. The molecule has 0 aliphatic carbocycles. The van der Waals surface area contributed by atoms with Crippen LogP contribution in [0.25, 0.3) is 0 Å². The van der Waals surface area contributed by atoms with Crippen molar-refractivity contribution < 1.29 is 9.53 Å². The van der Waals surface area contributed by atoms with Crippen LogP contribution in [0.3, 0.4) is 0 Å². The van der Waals surface area contributed by atoms with E-state index in [1.54, 1.807) is 0 Å². The standard InChI is InChI=1S/C20H25N3O2/c1-22(2)13-11-16-7-9-19(10-8-16)25-20(24)21-23-14-12-17-5-3-4-6-18(17)15-23/h3-10H,11-15H2,1-2H3,(H,21,24). The molecule has 0 bridgehead atoms. The number of likely N-dealkylation sites (N-methyl/N-ethyl adjacent to an activating group) is 1. The van der Waals surface area contributed by atoms with E-state index in [2.05, 4.69) is 42.6 Å². The fourth-order valence-corrected chi connectivity index (χ4v) is 2.93. The first-order valence-corrected chi connectivity index (χ1v) is 8.64. The van der Waals surface area contributed by atoms with Gasteiger partial charge in [-0.15, -0.1) is 0 Å². The lowest BCUT2D eigenvalue weighted by molar-refractivity contribution is 0.135. The summed E-state index contributed by atoms with van der Waals surface area (Å²) in [4.78, 5) is 14.3. The minimum Gasteiger partial charge on any atom is -0.409 e. The normalized spacial score (nSPS) is 14.2. The van der Waals surface area contributed by atoms with Crippen LogP contribution in [0, 0.1) is 0 Å². The van der Waals surface area contributed by atoms with Crippen molar-refractivity contribution in [2.75, 3.05) is 27.2 Å². The summed E-state index contributed by atoms with van der Waals surface area (Å²) in [6, 6.07) is 16.0. The smallest absolute Gasteiger partial charge is 0.409 e. The Morgan fingerprint density at radius 3 is 2.56 bits per heavy atom. The zero-order valence-corrected chi connectivity index (χ0v) is 14.9. The summed E-state index contributed by atoms with van der Waals surface area (Å²) in [5, 5.41) is 1.90. The van der Waals surface area contributed by atoms with Gasteiger partial charge < -0.3 is 9.64 Å². The van der Waals surface area contributed by atoms with Crippen molar-refractivity contribution >= 4 is 6.09 Å². The number of fused-ring (bicyclic) bond motifs is 1. The van der Waals surface area contributed by atoms with Crippen molar-refractivity contribution in [3.63, 3.8) is 0 Å². The number of carbonyl (C=O) groups is 1. The van der Waals surface area contributed by atoms with Gasteiger partial charge in [-0.3, -0.25) is 5.43 Å². The minimum atomic E-state index is -0.444. The molecular formula is C20H25N3O2. The molecule has 1 amide bonds. The third kappa shape index (κ3) is 5.05. The second-order valence-electron chi connectivity index (χ2n) is 6.64. The number of hydrogen-bond acceptors (Lipinski definition) is 4. The number of hydrazine groups is 1. The lowest BCUT2D eigenvalue weighted by Crippen LogP contribution is -2.46. The average Bonchev–Trinajstić information content (AvgIpc) is 2.61. The summed E-state index contributed by atoms with van der Waals surface area (Å²) in [6.45, 7) is 2.49. The predicted octanol–water partition coefficient (Wildman–Crippen LogP) is 2.85. The molecule has 0 spiro atoms. The van der Waals surface area contributed by atoms with E-state index in [4.69, 9.17) is 4.74 Å². The van der Waals surface area contributed by atoms with Crippen molar-refractivity contribution in [1.82, 2.24) is 15.3 Å². The van der Waals surface area contributed by atoms with Crippen LogP contribution in [-0.4, -0.2) is 43.2 Å². The Morgan fingerprint density at radius 1 is 1.12 bits per heavy atom. The van der Waals surface area contributed by atoms with Crippen LogP contribution in [0.15, 0.2) is 48.5 Å². The highest BCUT2D eigenvalue weighted by molar-refractivity contribution is 5.69. The molecule has 1 N–H and O–H groups in total. The number of benzene rings is 2. The number of carbonyl (C=O) groups excluding carboxylic acids is 1. The fraction of sp³-hybridized carbons (Fsp3) is 0.350. The van der Waals surface area contributed by atoms with Gasteiger partial charge in [-0.05, 0) is 55.8 Å². The number of amides is 1. The molecule has 0 fully saturated rings. The minimum absolute atomic E-state index is 0.444. The van der Waals surface area contributed by atoms with Gasteiger partial charge in [-0.1, -0.05) is 36.4 Å². The van der Waals surface area contributed by atoms with Gasteiger partial charge in [0, 0.05) is 19.6 Å². The summed E-state index contributed by atoms with van der Waals surface area (Å²) in [6.07, 6.45) is 1.46. The Bertz CT molecular complexity index is 713. The third-order valence-electron chi connectivity index (χ3n) is 4.36. The van der Waals surface area contributed by atoms with Gasteiger partial charge in [0.2, 0.25) is 0 Å². The van der Waals surface area contributed by atoms with Crippen LogP contribution in [0.2, 0.25) is 0 Å². The summed E-state index contributed by atoms with van der Waals surface area (Å²) in [5.74, 6) is 0.559. The van der Waals surface area contributed by atoms with Gasteiger partial charge >= 0.3 is 6.09 Å². The van der Waals surface area contributed by atoms with Crippen molar-refractivity contribution in [2.45, 2.75) is 19.4 Å². The van der Waals surface area contributed by atoms with Gasteiger partial charge in [0.25, 0.3) is 0 Å². The lowest BCUT2D eigenvalue weighted by atomic mass is 10.0. The molecule has 2 aromatic rings. The van der Waals surface area contributed by atoms with Crippen molar-refractivity contribution in [1.29, 1.82) is 0 Å². The monoisotopic (exact) mass is 339 g/mol. The molecule has 1 aliphatic rings. The van der Waals surface area contributed by atoms with Crippen molar-refractivity contribution in [2.24, 2.45) is 0 Å². The lowest BCUT2D eigenvalue weighted by Gasteiger charge is -2.28. The summed E-state index contributed by atoms with van der Waals surface area (Å²) in [5.41, 5.74) is 6.66. The SMILES string of the molecule is CN(C)CCc1ccc(OC(=O)NN2CCc3ccccc3C2)cc1. The molecule has 25 heavy (non-hydrogen) atoms. The Balaban J connectivity index is 1.49. The quantitative estimate of drug-likeness (QED) is 0.910. The molecule has 0 aromatic heterocycles. The molecule has 0 radical (unpaired) electrons. The van der Waals surface area contributed by atoms with Crippen LogP contribution in [-0.2, 0) is 19.4 Å². The maximum Gasteiger partial charge on any atom is 0.427 e. The molecule has 1 heterocycles. The molecule has 5 heteroatoms. The van der Waals surface area contributed by atoms with Gasteiger partial charge in [-0.25, -0.2) is 9.80 Å². The zero-order chi connectivity index (χ0) is 17.6. The largest absolute Gasteiger partial charge is 0.427 e. The zero-order valence-electron chi connectivity index (χ0n) is 14.9. The average molecular weight is 339 g/mol. The third-order valence-corrected chi connectivity index (χ3v) is 4.36. The van der Waals surface area contributed by atoms with E-state index in [-0.39, 0.29) is 0 Å². The first-order chi connectivity index (χ1) is 12.1. The van der Waals surface area contributed by atoms with Crippen LogP contribution in [0.5, 0.6) is 5.75 Å². The number of ether oxygens (including phenoxy) is 1. The first-order valence-electron chi connectivity index (χ1n) is 8.64. The number of rotatable bonds is 5. The van der Waals surface area contributed by atoms with E-state index in [0.717, 1.165) is 25.9 Å². The fourth-order valence-electron chi connectivity index (χ4n) is 2.93. The van der Waals surface area contributed by atoms with Crippen LogP contribution < -0.4 is 10.2 Å². The Labute approximate surface area is 149 Å². The number of nitrogens with zero attached hydrogens (tertiary/aromatic N) is 2. The molecule has 3 rings (SSSR count). The molecule has 0 atom stereocenters. The van der Waals surface area contributed by atoms with Gasteiger partial charge in [0.1, 0.15) is 5.75 Å². The molecule has 5 nitrogen and oxygen atoms in total. The molecule has 0 unspecified atom stereocenters. The molecule has 0 saturated carbocycles. The van der Waals surface area contributed by atoms with Crippen LogP contribution in [0.4, 0.5) is 4.79 Å². The molecule has 132 valence electrons. The summed E-state index contributed by atoms with van der Waals surface area (Å²) >= 11 is 0. The highest BCUT2D eigenvalue weighted by atomic mass is 16.6. The van der Waals surface area contributed by atoms with E-state index < -0.39 is 6.09 Å². The Morgan fingerprint density at radius 2 is 1.84 bits per heavy atom. The van der Waals surface area contributed by atoms with Gasteiger partial charge in [0.15, 0.2) is 0 Å². The second kappa shape index (κ2) is 8.14. The van der Waals surface area contributed by atoms with E-state index in [1.165, 1.54) is 16.7 Å². The van der Waals surface area contributed by atoms with Crippen molar-refractivity contribution in [3.8, 4) is 5.75 Å². The van der Waals surface area contributed by atoms with Crippen molar-refractivity contribution in [3.05, 3.63) is 65.2 Å². The van der Waals surface area contributed by atoms with E-state index >= 15 is 0 Å². The Kier molecular flexibility index (Phi) is 5.68. The van der Waals surface area contributed by atoms with Crippen LogP contribution >= 0.6 is 0 Å². The van der Waals surface area contributed by atoms with E-state index in [1.807, 2.05) is 35.3 Å². The van der Waals surface area contributed by atoms with Crippen LogP contribution in [0.1, 0.15) is 16.7 Å². The molecule has 0 saturated heterocycles. The second-order valence-corrected chi connectivity index (χ2v) is 6.64. The number of hydrogen-bond donors (Lipinski definition) is 1. The summed E-state index contributed by atoms with van der Waals surface area (Å²) in [7, 11) is 4.11. The van der Waals surface area contributed by atoms with E-state index in [0.29, 0.717) is 12.3 Å². The Hall–Kier alpha value is -2.37. The molecule has 1 aliphatic heterocycles. The predicted molar refractivity (Wildman–Crippen MR) is 98.4 cm³/mol. The number of nitrogens with one attached hydrogen (secondary N) is 1. The topological polar surface area (TPSA) is 44.8 Å². The summed E-state index contributed by atoms with van der Waals surface area (Å²) < 4.78 is 5.38. The molecular weight excluding hydrogens is 314 g/mol. The van der Waals surface area contributed by atoms with Gasteiger partial charge in [-0.2, -0.15) is 0 Å². The maximum absolute atomic E-state index is 12.1. The van der Waals surface area contributed by atoms with E-state index in [9.17, 15) is 4.79 Å². The first kappa shape index (κ1) is 17.5.